The van der Waals surface area contributed by atoms with Gasteiger partial charge in [0.05, 0.1) is 29.2 Å². The Kier molecular flexibility index (Phi) is 5.25. The summed E-state index contributed by atoms with van der Waals surface area (Å²) in [6, 6.07) is 21.1. The van der Waals surface area contributed by atoms with Crippen LogP contribution in [0.3, 0.4) is 0 Å². The van der Waals surface area contributed by atoms with E-state index in [0.717, 1.165) is 22.0 Å². The minimum atomic E-state index is -0.144. The summed E-state index contributed by atoms with van der Waals surface area (Å²) in [7, 11) is 0. The fraction of sp³-hybridized carbons (Fsp3) is 0.304. The van der Waals surface area contributed by atoms with Crippen LogP contribution < -0.4 is 0 Å². The Labute approximate surface area is 170 Å². The van der Waals surface area contributed by atoms with Crippen molar-refractivity contribution < 1.29 is 4.79 Å². The van der Waals surface area contributed by atoms with E-state index in [1.807, 2.05) is 49.4 Å². The van der Waals surface area contributed by atoms with Crippen molar-refractivity contribution in [2.45, 2.75) is 32.2 Å². The number of aryl methyl sites for hydroxylation is 1. The lowest BCUT2D eigenvalue weighted by atomic mass is 9.86. The van der Waals surface area contributed by atoms with Crippen molar-refractivity contribution in [3.63, 3.8) is 0 Å². The first-order chi connectivity index (χ1) is 13.6. The molecule has 1 amide bonds. The molecule has 28 heavy (non-hydrogen) atoms. The molecule has 0 radical (unpaired) electrons. The lowest BCUT2D eigenvalue weighted by Crippen LogP contribution is -2.47. The number of nitriles is 1. The van der Waals surface area contributed by atoms with Crippen molar-refractivity contribution in [1.82, 2.24) is 9.80 Å². The highest BCUT2D eigenvalue weighted by Crippen LogP contribution is 2.43. The molecule has 0 saturated carbocycles. The molecule has 0 N–H and O–H groups in total. The number of nitrogens with zero attached hydrogens (tertiary/aromatic N) is 3. The lowest BCUT2D eigenvalue weighted by molar-refractivity contribution is -0.132. The smallest absolute Gasteiger partial charge is 0.229 e. The Bertz CT molecular complexity index is 946. The largest absolute Gasteiger partial charge is 0.292 e. The molecule has 0 bridgehead atoms. The number of allylic oxidation sites excluding steroid dienone is 1. The third kappa shape index (κ3) is 3.46. The molecule has 1 saturated heterocycles. The molecule has 2 aromatic carbocycles. The second-order valence-electron chi connectivity index (χ2n) is 7.41. The number of hydrogen-bond donors (Lipinski definition) is 0. The summed E-state index contributed by atoms with van der Waals surface area (Å²) < 4.78 is 0. The van der Waals surface area contributed by atoms with Crippen molar-refractivity contribution in [3.05, 3.63) is 81.9 Å². The Morgan fingerprint density at radius 2 is 1.86 bits per heavy atom. The topological polar surface area (TPSA) is 47.3 Å². The van der Waals surface area contributed by atoms with Gasteiger partial charge in [0.2, 0.25) is 5.91 Å². The molecule has 0 aromatic heterocycles. The first-order valence-electron chi connectivity index (χ1n) is 9.51. The quantitative estimate of drug-likeness (QED) is 0.759. The van der Waals surface area contributed by atoms with E-state index in [2.05, 4.69) is 30.0 Å². The zero-order valence-corrected chi connectivity index (χ0v) is 16.9. The maximum atomic E-state index is 13.0. The Hall–Kier alpha value is -2.55. The molecule has 0 spiro atoms. The summed E-state index contributed by atoms with van der Waals surface area (Å²) in [4.78, 5) is 17.1. The van der Waals surface area contributed by atoms with Crippen molar-refractivity contribution in [2.24, 2.45) is 0 Å². The van der Waals surface area contributed by atoms with Crippen LogP contribution in [-0.2, 0) is 4.79 Å². The third-order valence-corrected chi connectivity index (χ3v) is 6.80. The second-order valence-corrected chi connectivity index (χ2v) is 8.34. The highest BCUT2D eigenvalue weighted by atomic mass is 32.2. The fourth-order valence-electron chi connectivity index (χ4n) is 3.85. The first kappa shape index (κ1) is 18.8. The Balaban J connectivity index is 1.62. The molecule has 142 valence electrons. The van der Waals surface area contributed by atoms with E-state index in [1.165, 1.54) is 11.1 Å². The van der Waals surface area contributed by atoms with Crippen LogP contribution in [-0.4, -0.2) is 28.3 Å². The minimum absolute atomic E-state index is 0.0945. The number of carbonyl (C=O) groups is 1. The summed E-state index contributed by atoms with van der Waals surface area (Å²) in [5.74, 6) is 0.716. The van der Waals surface area contributed by atoms with Crippen molar-refractivity contribution in [3.8, 4) is 6.07 Å². The molecule has 2 aromatic rings. The molecule has 5 heteroatoms. The zero-order valence-electron chi connectivity index (χ0n) is 16.1. The van der Waals surface area contributed by atoms with E-state index < -0.39 is 0 Å². The number of rotatable bonds is 3. The monoisotopic (exact) mass is 389 g/mol. The SMILES string of the molecule is Cc1ccc([C@H]2CC(=O)N3CN([C@H](C)c4ccccc4)CSC3=C2C#N)cc1. The maximum Gasteiger partial charge on any atom is 0.229 e. The van der Waals surface area contributed by atoms with Crippen LogP contribution in [0, 0.1) is 18.3 Å². The zero-order chi connectivity index (χ0) is 19.7. The first-order valence-corrected chi connectivity index (χ1v) is 10.5. The van der Waals surface area contributed by atoms with Gasteiger partial charge in [0.15, 0.2) is 0 Å². The van der Waals surface area contributed by atoms with Crippen molar-refractivity contribution in [1.29, 1.82) is 5.26 Å². The van der Waals surface area contributed by atoms with E-state index in [9.17, 15) is 10.1 Å². The van der Waals surface area contributed by atoms with Crippen molar-refractivity contribution >= 4 is 17.7 Å². The minimum Gasteiger partial charge on any atom is -0.292 e. The summed E-state index contributed by atoms with van der Waals surface area (Å²) >= 11 is 1.60. The predicted octanol–water partition coefficient (Wildman–Crippen LogP) is 4.77. The van der Waals surface area contributed by atoms with Crippen LogP contribution in [0.25, 0.3) is 0 Å². The molecular weight excluding hydrogens is 366 g/mol. The van der Waals surface area contributed by atoms with Gasteiger partial charge in [-0.1, -0.05) is 71.9 Å². The molecule has 4 rings (SSSR count). The Morgan fingerprint density at radius 1 is 1.14 bits per heavy atom. The predicted molar refractivity (Wildman–Crippen MR) is 112 cm³/mol. The number of hydrogen-bond acceptors (Lipinski definition) is 4. The van der Waals surface area contributed by atoms with Gasteiger partial charge in [0, 0.05) is 18.4 Å². The summed E-state index contributed by atoms with van der Waals surface area (Å²) in [6.07, 6.45) is 0.351. The van der Waals surface area contributed by atoms with Gasteiger partial charge in [-0.25, -0.2) is 0 Å². The fourth-order valence-corrected chi connectivity index (χ4v) is 5.10. The third-order valence-electron chi connectivity index (χ3n) is 5.62. The van der Waals surface area contributed by atoms with Gasteiger partial charge in [-0.3, -0.25) is 14.6 Å². The maximum absolute atomic E-state index is 13.0. The number of carbonyl (C=O) groups excluding carboxylic acids is 1. The molecule has 2 atom stereocenters. The van der Waals surface area contributed by atoms with Gasteiger partial charge in [0.1, 0.15) is 0 Å². The van der Waals surface area contributed by atoms with Crippen LogP contribution >= 0.6 is 11.8 Å². The summed E-state index contributed by atoms with van der Waals surface area (Å²) in [5.41, 5.74) is 4.18. The standard InChI is InChI=1S/C23H23N3OS/c1-16-8-10-19(11-9-16)20-12-22(27)26-14-25(15-28-23(26)21(20)13-24)17(2)18-6-4-3-5-7-18/h3-11,17,20H,12,14-15H2,1-2H3/t17-,20-/m1/s1. The Morgan fingerprint density at radius 3 is 2.54 bits per heavy atom. The summed E-state index contributed by atoms with van der Waals surface area (Å²) in [5, 5.41) is 10.7. The van der Waals surface area contributed by atoms with Gasteiger partial charge in [0.25, 0.3) is 0 Å². The van der Waals surface area contributed by atoms with E-state index >= 15 is 0 Å². The van der Waals surface area contributed by atoms with Gasteiger partial charge in [-0.05, 0) is 25.0 Å². The number of fused-ring (bicyclic) bond motifs is 1. The second kappa shape index (κ2) is 7.83. The van der Waals surface area contributed by atoms with Crippen molar-refractivity contribution in [2.75, 3.05) is 12.5 Å². The van der Waals surface area contributed by atoms with Crippen LogP contribution in [0.2, 0.25) is 0 Å². The average Bonchev–Trinajstić information content (AvgIpc) is 2.74. The van der Waals surface area contributed by atoms with Gasteiger partial charge < -0.3 is 0 Å². The molecule has 2 aliphatic rings. The highest BCUT2D eigenvalue weighted by molar-refractivity contribution is 8.03. The van der Waals surface area contributed by atoms with E-state index in [1.54, 1.807) is 16.7 Å². The molecule has 1 fully saturated rings. The average molecular weight is 390 g/mol. The molecule has 2 aliphatic heterocycles. The van der Waals surface area contributed by atoms with E-state index in [0.29, 0.717) is 13.1 Å². The number of thioether (sulfide) groups is 1. The number of amides is 1. The molecular formula is C23H23N3OS. The van der Waals surface area contributed by atoms with E-state index in [-0.39, 0.29) is 17.9 Å². The van der Waals surface area contributed by atoms with E-state index in [4.69, 9.17) is 0 Å². The van der Waals surface area contributed by atoms with Gasteiger partial charge >= 0.3 is 0 Å². The van der Waals surface area contributed by atoms with Gasteiger partial charge in [-0.15, -0.1) is 0 Å². The lowest BCUT2D eigenvalue weighted by Gasteiger charge is -2.43. The summed E-state index contributed by atoms with van der Waals surface area (Å²) in [6.45, 7) is 4.74. The number of benzene rings is 2. The van der Waals surface area contributed by atoms with Crippen LogP contribution in [0.5, 0.6) is 0 Å². The molecule has 0 unspecified atom stereocenters. The molecule has 0 aliphatic carbocycles. The highest BCUT2D eigenvalue weighted by Gasteiger charge is 2.39. The van der Waals surface area contributed by atoms with Gasteiger partial charge in [-0.2, -0.15) is 5.26 Å². The normalized spacial score (nSPS) is 21.2. The van der Waals surface area contributed by atoms with Crippen LogP contribution in [0.15, 0.2) is 65.2 Å². The van der Waals surface area contributed by atoms with Crippen LogP contribution in [0.4, 0.5) is 0 Å². The molecule has 2 heterocycles. The molecule has 4 nitrogen and oxygen atoms in total. The van der Waals surface area contributed by atoms with Crippen LogP contribution in [0.1, 0.15) is 42.0 Å².